The maximum absolute atomic E-state index is 5.82. The summed E-state index contributed by atoms with van der Waals surface area (Å²) in [4.78, 5) is 2.29. The molecule has 0 unspecified atom stereocenters. The van der Waals surface area contributed by atoms with E-state index in [0.29, 0.717) is 0 Å². The number of rotatable bonds is 15. The second-order valence-electron chi connectivity index (χ2n) is 22.7. The van der Waals surface area contributed by atoms with E-state index in [1.165, 1.54) is 0 Å². The Kier molecular flexibility index (Phi) is 18.7. The molecule has 10 nitrogen and oxygen atoms in total. The zero-order valence-electron chi connectivity index (χ0n) is 52.6. The van der Waals surface area contributed by atoms with E-state index in [0.717, 1.165) is 136 Å². The molecule has 4 aromatic heterocycles. The first kappa shape index (κ1) is 62.5. The molecule has 16 rings (SSSR count). The minimum Gasteiger partial charge on any atom is -0.399 e. The van der Waals surface area contributed by atoms with E-state index in [-0.39, 0.29) is 27.8 Å². The summed E-state index contributed by atoms with van der Waals surface area (Å²) < 4.78 is 8.11. The molecule has 0 aliphatic carbocycles. The molecule has 11 heteroatoms. The predicted molar refractivity (Wildman–Crippen MR) is 390 cm³/mol. The first-order chi connectivity index (χ1) is 46.5. The van der Waals surface area contributed by atoms with Crippen LogP contribution in [0.15, 0.2) is 364 Å². The number of nitrogen functional groups attached to an aromatic ring is 1. The normalized spacial score (nSPS) is 10.8. The minimum atomic E-state index is 0. The summed E-state index contributed by atoms with van der Waals surface area (Å²) in [5.41, 5.74) is 29.9. The van der Waals surface area contributed by atoms with Crippen molar-refractivity contribution in [1.29, 1.82) is 0 Å². The van der Waals surface area contributed by atoms with Crippen LogP contribution in [0.4, 0.5) is 22.7 Å². The van der Waals surface area contributed by atoms with Crippen LogP contribution >= 0.6 is 0 Å². The Labute approximate surface area is 573 Å². The molecular weight excluding hydrogens is 1270 g/mol. The number of benzene rings is 12. The van der Waals surface area contributed by atoms with Gasteiger partial charge in [-0.1, -0.05) is 243 Å². The van der Waals surface area contributed by atoms with E-state index in [1.54, 1.807) is 0 Å². The molecule has 16 aromatic rings. The van der Waals surface area contributed by atoms with E-state index >= 15 is 0 Å². The fourth-order valence-electron chi connectivity index (χ4n) is 11.9. The van der Waals surface area contributed by atoms with Crippen molar-refractivity contribution >= 4 is 22.7 Å². The number of aromatic nitrogens is 8. The molecule has 0 saturated heterocycles. The average molecular weight is 1330 g/mol. The van der Waals surface area contributed by atoms with Crippen LogP contribution in [0.25, 0.3) is 113 Å². The molecule has 0 aliphatic heterocycles. The van der Waals surface area contributed by atoms with Gasteiger partial charge >= 0.3 is 0 Å². The molecule has 0 saturated carbocycles. The summed E-state index contributed by atoms with van der Waals surface area (Å²) in [7, 11) is 0. The van der Waals surface area contributed by atoms with E-state index < -0.39 is 0 Å². The van der Waals surface area contributed by atoms with E-state index in [9.17, 15) is 0 Å². The molecule has 0 amide bonds. The Morgan fingerprint density at radius 3 is 0.594 bits per heavy atom. The van der Waals surface area contributed by atoms with Crippen molar-refractivity contribution < 1.29 is 20.4 Å². The molecule has 0 aliphatic rings. The summed E-state index contributed by atoms with van der Waals surface area (Å²) in [6.45, 7) is 0. The fourth-order valence-corrected chi connectivity index (χ4v) is 11.9. The average Bonchev–Trinajstić information content (AvgIpc) is 1.83. The topological polar surface area (TPSA) is 101 Å². The fraction of sp³-hybridized carbons (Fsp3) is 0. The maximum Gasteiger partial charge on any atom is 0.0934 e. The minimum absolute atomic E-state index is 0. The third-order valence-corrected chi connectivity index (χ3v) is 16.6. The Balaban J connectivity index is 0.000000269. The van der Waals surface area contributed by atoms with Gasteiger partial charge in [-0.2, -0.15) is 20.4 Å². The number of hydrogen-bond donors (Lipinski definition) is 1. The van der Waals surface area contributed by atoms with Crippen LogP contribution in [-0.4, -0.2) is 39.1 Å². The van der Waals surface area contributed by atoms with Crippen molar-refractivity contribution in [2.24, 2.45) is 0 Å². The molecule has 0 fully saturated rings. The second kappa shape index (κ2) is 28.7. The molecule has 0 spiro atoms. The Hall–Kier alpha value is -12.3. The van der Waals surface area contributed by atoms with Crippen LogP contribution < -0.4 is 10.6 Å². The van der Waals surface area contributed by atoms with Crippen LogP contribution in [0.5, 0.6) is 0 Å². The van der Waals surface area contributed by atoms with Crippen LogP contribution in [0, 0.1) is 7.43 Å². The Morgan fingerprint density at radius 1 is 0.219 bits per heavy atom. The molecule has 466 valence electrons. The summed E-state index contributed by atoms with van der Waals surface area (Å²) in [5, 5.41) is 20.4. The number of hydrogen-bond acceptors (Lipinski definition) is 6. The summed E-state index contributed by atoms with van der Waals surface area (Å²) in [6, 6.07) is 125. The molecule has 0 atom stereocenters. The van der Waals surface area contributed by atoms with Crippen molar-refractivity contribution in [2.75, 3.05) is 10.6 Å². The van der Waals surface area contributed by atoms with Crippen LogP contribution in [0.1, 0.15) is 0 Å². The molecule has 96 heavy (non-hydrogen) atoms. The largest absolute Gasteiger partial charge is 0.399 e. The Morgan fingerprint density at radius 2 is 0.396 bits per heavy atom. The van der Waals surface area contributed by atoms with Crippen LogP contribution in [-0.2, 0) is 20.4 Å². The van der Waals surface area contributed by atoms with Gasteiger partial charge in [0.2, 0.25) is 0 Å². The van der Waals surface area contributed by atoms with Gasteiger partial charge in [0.05, 0.1) is 68.3 Å². The van der Waals surface area contributed by atoms with Gasteiger partial charge in [-0.05, 0) is 121 Å². The first-order valence-electron chi connectivity index (χ1n) is 31.3. The van der Waals surface area contributed by atoms with Crippen molar-refractivity contribution in [3.8, 4) is 113 Å². The molecule has 0 radical (unpaired) electrons. The summed E-state index contributed by atoms with van der Waals surface area (Å²) in [5.74, 6) is 0. The van der Waals surface area contributed by atoms with Crippen molar-refractivity contribution in [3.05, 3.63) is 371 Å². The predicted octanol–water partition coefficient (Wildman–Crippen LogP) is 21.0. The molecule has 12 aromatic carbocycles. The monoisotopic (exact) mass is 1330 g/mol. The van der Waals surface area contributed by atoms with Crippen molar-refractivity contribution in [1.82, 2.24) is 39.1 Å². The van der Waals surface area contributed by atoms with Gasteiger partial charge < -0.3 is 18.1 Å². The van der Waals surface area contributed by atoms with Crippen molar-refractivity contribution in [2.45, 2.75) is 0 Å². The van der Waals surface area contributed by atoms with E-state index in [1.807, 2.05) is 116 Å². The van der Waals surface area contributed by atoms with Gasteiger partial charge in [0.15, 0.2) is 0 Å². The smallest absolute Gasteiger partial charge is 0.0934 e. The zero-order chi connectivity index (χ0) is 63.0. The standard InChI is InChI=1S/C63H45N7.C21H17N3.CH3.Pd/c1-7-19-46(20-8-1)58-43-61(49-25-13-4-14-26-49)68(64-58)55-37-31-52(32-38-55)67(53-33-39-56(40-34-53)69-62(50-27-15-5-16-28-50)44-59(65-69)47-21-9-2-10-22-47)54-35-41-57(42-36-54)70-63(51-29-17-6-18-30-51)45-60(66-70)48-23-11-3-12-24-48;22-18-11-13-19(14-12-18)24-21(17-9-5-2-6-10-17)15-20(23-24)16-7-3-1-4-8-16;;/h1-45H;1-15H,22H2;1H3;/q;;-1;. The van der Waals surface area contributed by atoms with Gasteiger partial charge in [-0.25, -0.2) is 18.7 Å². The molecule has 0 bridgehead atoms. The first-order valence-corrected chi connectivity index (χ1v) is 31.3. The van der Waals surface area contributed by atoms with Crippen LogP contribution in [0.3, 0.4) is 0 Å². The second-order valence-corrected chi connectivity index (χ2v) is 22.7. The third kappa shape index (κ3) is 13.4. The number of nitrogens with two attached hydrogens (primary N) is 1. The maximum atomic E-state index is 5.82. The summed E-state index contributed by atoms with van der Waals surface area (Å²) >= 11 is 0. The molecular formula is C85H65N10Pd-. The van der Waals surface area contributed by atoms with Gasteiger partial charge in [0.25, 0.3) is 0 Å². The summed E-state index contributed by atoms with van der Waals surface area (Å²) in [6.07, 6.45) is 0. The molecule has 4 heterocycles. The third-order valence-electron chi connectivity index (χ3n) is 16.6. The quantitative estimate of drug-likeness (QED) is 0.0623. The van der Waals surface area contributed by atoms with E-state index in [2.05, 4.69) is 272 Å². The van der Waals surface area contributed by atoms with Gasteiger partial charge in [0.1, 0.15) is 0 Å². The van der Waals surface area contributed by atoms with Gasteiger partial charge in [-0.3, -0.25) is 0 Å². The van der Waals surface area contributed by atoms with E-state index in [4.69, 9.17) is 26.1 Å². The van der Waals surface area contributed by atoms with Crippen molar-refractivity contribution in [3.63, 3.8) is 0 Å². The SMILES string of the molecule is Nc1ccc(-n2nc(-c3ccccc3)cc2-c2ccccc2)cc1.[CH3-].[Pd].c1ccc(-c2cc(-c3ccccc3)n(-c3ccc(N(c4ccc(-n5nc(-c6ccccc6)cc5-c5ccccc5)cc4)c4ccc(-n5nc(-c6ccccc6)cc5-c5ccccc5)cc4)cc3)n2)cc1. The zero-order valence-corrected chi connectivity index (χ0v) is 54.1. The molecule has 2 N–H and O–H groups in total. The Bertz CT molecular complexity index is 4730. The number of nitrogens with zero attached hydrogens (tertiary/aromatic N) is 9. The van der Waals surface area contributed by atoms with Gasteiger partial charge in [0, 0.05) is 87.7 Å². The van der Waals surface area contributed by atoms with Crippen LogP contribution in [0.2, 0.25) is 0 Å². The number of anilines is 4. The van der Waals surface area contributed by atoms with Gasteiger partial charge in [-0.15, -0.1) is 0 Å².